The van der Waals surface area contributed by atoms with E-state index in [0.29, 0.717) is 11.3 Å². The molecule has 0 saturated heterocycles. The lowest BCUT2D eigenvalue weighted by Crippen LogP contribution is -2.28. The monoisotopic (exact) mass is 344 g/mol. The molecule has 0 radical (unpaired) electrons. The zero-order chi connectivity index (χ0) is 17.8. The first-order valence-corrected chi connectivity index (χ1v) is 7.43. The lowest BCUT2D eigenvalue weighted by Gasteiger charge is -2.11. The van der Waals surface area contributed by atoms with Crippen molar-refractivity contribution < 1.29 is 18.7 Å². The van der Waals surface area contributed by atoms with Crippen LogP contribution >= 0.6 is 0 Å². The van der Waals surface area contributed by atoms with Gasteiger partial charge in [0.1, 0.15) is 11.6 Å². The molecule has 25 heavy (non-hydrogen) atoms. The summed E-state index contributed by atoms with van der Waals surface area (Å²) in [6.45, 7) is -0.105. The summed E-state index contributed by atoms with van der Waals surface area (Å²) in [5.74, 6) is -1.39. The molecule has 2 N–H and O–H groups in total. The largest absolute Gasteiger partial charge is 0.387 e. The van der Waals surface area contributed by atoms with Crippen LogP contribution < -0.4 is 5.32 Å². The molecule has 0 aliphatic carbocycles. The summed E-state index contributed by atoms with van der Waals surface area (Å²) >= 11 is 0. The number of carbonyl (C=O) groups is 1. The number of aliphatic hydroxyl groups is 1. The number of halogens is 2. The number of nitrogens with zero attached hydrogens (tertiary/aromatic N) is 3. The van der Waals surface area contributed by atoms with Crippen LogP contribution in [0.1, 0.15) is 22.2 Å². The summed E-state index contributed by atoms with van der Waals surface area (Å²) < 4.78 is 26.1. The van der Waals surface area contributed by atoms with Gasteiger partial charge in [-0.1, -0.05) is 12.1 Å². The third kappa shape index (κ3) is 4.04. The fourth-order valence-electron chi connectivity index (χ4n) is 2.18. The van der Waals surface area contributed by atoms with Gasteiger partial charge >= 0.3 is 0 Å². The molecule has 2 aromatic carbocycles. The highest BCUT2D eigenvalue weighted by Crippen LogP contribution is 2.13. The van der Waals surface area contributed by atoms with E-state index in [1.54, 1.807) is 6.07 Å². The maximum atomic E-state index is 13.1. The van der Waals surface area contributed by atoms with Crippen LogP contribution in [0.2, 0.25) is 0 Å². The standard InChI is InChI=1S/C17H14F2N4O2/c18-12-4-6-14(7-5-12)23-21-9-15(22-23)17(25)20-10-16(24)11-2-1-3-13(19)8-11/h1-9,16,24H,10H2,(H,20,25)/t16-/m1/s1. The second-order valence-corrected chi connectivity index (χ2v) is 5.28. The van der Waals surface area contributed by atoms with Gasteiger partial charge in [-0.25, -0.2) is 8.78 Å². The van der Waals surface area contributed by atoms with E-state index in [1.165, 1.54) is 53.5 Å². The Kier molecular flexibility index (Phi) is 4.80. The average molecular weight is 344 g/mol. The van der Waals surface area contributed by atoms with Crippen molar-refractivity contribution in [1.82, 2.24) is 20.3 Å². The van der Waals surface area contributed by atoms with Gasteiger partial charge in [0.15, 0.2) is 5.69 Å². The van der Waals surface area contributed by atoms with Gasteiger partial charge in [0.25, 0.3) is 5.91 Å². The number of benzene rings is 2. The minimum Gasteiger partial charge on any atom is -0.387 e. The molecule has 3 aromatic rings. The topological polar surface area (TPSA) is 80.0 Å². The maximum absolute atomic E-state index is 13.1. The highest BCUT2D eigenvalue weighted by Gasteiger charge is 2.14. The zero-order valence-corrected chi connectivity index (χ0v) is 12.9. The van der Waals surface area contributed by atoms with Crippen LogP contribution in [-0.4, -0.2) is 32.6 Å². The average Bonchev–Trinajstić information content (AvgIpc) is 3.10. The second-order valence-electron chi connectivity index (χ2n) is 5.28. The van der Waals surface area contributed by atoms with Gasteiger partial charge < -0.3 is 10.4 Å². The molecule has 0 spiro atoms. The molecule has 0 aliphatic heterocycles. The third-order valence-corrected chi connectivity index (χ3v) is 3.47. The molecular formula is C17H14F2N4O2. The molecule has 0 fully saturated rings. The number of aliphatic hydroxyl groups excluding tert-OH is 1. The van der Waals surface area contributed by atoms with E-state index < -0.39 is 17.8 Å². The summed E-state index contributed by atoms with van der Waals surface area (Å²) in [5.41, 5.74) is 0.895. The van der Waals surface area contributed by atoms with E-state index in [4.69, 9.17) is 0 Å². The van der Waals surface area contributed by atoms with Crippen LogP contribution in [-0.2, 0) is 0 Å². The Balaban J connectivity index is 1.63. The van der Waals surface area contributed by atoms with Crippen LogP contribution in [0, 0.1) is 11.6 Å². The normalized spacial score (nSPS) is 12.0. The van der Waals surface area contributed by atoms with E-state index >= 15 is 0 Å². The van der Waals surface area contributed by atoms with Gasteiger partial charge in [0, 0.05) is 6.54 Å². The number of carbonyl (C=O) groups excluding carboxylic acids is 1. The Morgan fingerprint density at radius 1 is 1.16 bits per heavy atom. The SMILES string of the molecule is O=C(NC[C@@H](O)c1cccc(F)c1)c1cnn(-c2ccc(F)cc2)n1. The predicted molar refractivity (Wildman–Crippen MR) is 85.0 cm³/mol. The first-order valence-electron chi connectivity index (χ1n) is 7.43. The van der Waals surface area contributed by atoms with E-state index in [-0.39, 0.29) is 18.1 Å². The molecule has 8 heteroatoms. The van der Waals surface area contributed by atoms with E-state index in [0.717, 1.165) is 0 Å². The minimum absolute atomic E-state index is 0.0377. The van der Waals surface area contributed by atoms with Crippen molar-refractivity contribution in [3.8, 4) is 5.69 Å². The van der Waals surface area contributed by atoms with Crippen molar-refractivity contribution in [1.29, 1.82) is 0 Å². The Morgan fingerprint density at radius 2 is 1.92 bits per heavy atom. The molecule has 0 saturated carbocycles. The van der Waals surface area contributed by atoms with Crippen LogP contribution in [0.15, 0.2) is 54.7 Å². The highest BCUT2D eigenvalue weighted by molar-refractivity contribution is 5.91. The van der Waals surface area contributed by atoms with Crippen LogP contribution in [0.5, 0.6) is 0 Å². The Labute approximate surface area is 141 Å². The lowest BCUT2D eigenvalue weighted by atomic mass is 10.1. The number of nitrogens with one attached hydrogen (secondary N) is 1. The summed E-state index contributed by atoms with van der Waals surface area (Å²) in [4.78, 5) is 13.3. The first kappa shape index (κ1) is 16.7. The molecule has 0 bridgehead atoms. The van der Waals surface area contributed by atoms with Gasteiger partial charge in [-0.15, -0.1) is 5.10 Å². The number of aromatic nitrogens is 3. The van der Waals surface area contributed by atoms with Crippen molar-refractivity contribution in [2.75, 3.05) is 6.54 Å². The van der Waals surface area contributed by atoms with Gasteiger partial charge in [-0.2, -0.15) is 9.90 Å². The zero-order valence-electron chi connectivity index (χ0n) is 12.9. The number of rotatable bonds is 5. The van der Waals surface area contributed by atoms with E-state index in [9.17, 15) is 18.7 Å². The van der Waals surface area contributed by atoms with E-state index in [2.05, 4.69) is 15.5 Å². The molecule has 1 heterocycles. The van der Waals surface area contributed by atoms with Gasteiger partial charge in [0.05, 0.1) is 18.0 Å². The molecule has 128 valence electrons. The van der Waals surface area contributed by atoms with Crippen molar-refractivity contribution in [2.24, 2.45) is 0 Å². The Bertz CT molecular complexity index is 880. The molecular weight excluding hydrogens is 330 g/mol. The minimum atomic E-state index is -1.05. The van der Waals surface area contributed by atoms with Crippen LogP contribution in [0.4, 0.5) is 8.78 Å². The van der Waals surface area contributed by atoms with Crippen molar-refractivity contribution in [2.45, 2.75) is 6.10 Å². The molecule has 0 aliphatic rings. The maximum Gasteiger partial charge on any atom is 0.273 e. The smallest absolute Gasteiger partial charge is 0.273 e. The van der Waals surface area contributed by atoms with Crippen molar-refractivity contribution in [3.63, 3.8) is 0 Å². The third-order valence-electron chi connectivity index (χ3n) is 3.47. The van der Waals surface area contributed by atoms with Crippen LogP contribution in [0.25, 0.3) is 5.69 Å². The quantitative estimate of drug-likeness (QED) is 0.742. The fourth-order valence-corrected chi connectivity index (χ4v) is 2.18. The van der Waals surface area contributed by atoms with Gasteiger partial charge in [-0.3, -0.25) is 4.79 Å². The summed E-state index contributed by atoms with van der Waals surface area (Å²) in [6, 6.07) is 11.0. The molecule has 1 amide bonds. The lowest BCUT2D eigenvalue weighted by molar-refractivity contribution is 0.0911. The molecule has 1 atom stereocenters. The Morgan fingerprint density at radius 3 is 2.64 bits per heavy atom. The van der Waals surface area contributed by atoms with Crippen molar-refractivity contribution in [3.05, 3.63) is 77.6 Å². The summed E-state index contributed by atoms with van der Waals surface area (Å²) in [5, 5.41) is 20.4. The van der Waals surface area contributed by atoms with Gasteiger partial charge in [-0.05, 0) is 42.0 Å². The summed E-state index contributed by atoms with van der Waals surface area (Å²) in [6.07, 6.45) is 0.208. The fraction of sp³-hybridized carbons (Fsp3) is 0.118. The summed E-state index contributed by atoms with van der Waals surface area (Å²) in [7, 11) is 0. The molecule has 6 nitrogen and oxygen atoms in total. The first-order chi connectivity index (χ1) is 12.0. The number of hydrogen-bond donors (Lipinski definition) is 2. The second kappa shape index (κ2) is 7.18. The molecule has 1 aromatic heterocycles. The molecule has 3 rings (SSSR count). The number of amides is 1. The number of hydrogen-bond acceptors (Lipinski definition) is 4. The van der Waals surface area contributed by atoms with Crippen molar-refractivity contribution >= 4 is 5.91 Å². The van der Waals surface area contributed by atoms with E-state index in [1.807, 2.05) is 0 Å². The Hall–Kier alpha value is -3.13. The highest BCUT2D eigenvalue weighted by atomic mass is 19.1. The van der Waals surface area contributed by atoms with Crippen LogP contribution in [0.3, 0.4) is 0 Å². The molecule has 0 unspecified atom stereocenters. The van der Waals surface area contributed by atoms with Gasteiger partial charge in [0.2, 0.25) is 0 Å². The predicted octanol–water partition coefficient (Wildman–Crippen LogP) is 2.01.